The molecule has 1 atom stereocenters. The maximum Gasteiger partial charge on any atom is 0.0778 e. The Balaban J connectivity index is 2.35. The topological polar surface area (TPSA) is 39.1 Å². The molecule has 1 aromatic heterocycles. The summed E-state index contributed by atoms with van der Waals surface area (Å²) in [5.41, 5.74) is 2.05. The lowest BCUT2D eigenvalue weighted by Gasteiger charge is -2.32. The summed E-state index contributed by atoms with van der Waals surface area (Å²) in [4.78, 5) is 0. The first-order chi connectivity index (χ1) is 8.99. The predicted octanol–water partition coefficient (Wildman–Crippen LogP) is 2.13. The van der Waals surface area contributed by atoms with Crippen LogP contribution >= 0.6 is 0 Å². The number of aryl methyl sites for hydroxylation is 1. The molecule has 0 spiro atoms. The Hall–Kier alpha value is -1.39. The second-order valence-corrected chi connectivity index (χ2v) is 5.44. The molecule has 0 aliphatic rings. The highest BCUT2D eigenvalue weighted by molar-refractivity contribution is 5.81. The molecule has 0 aliphatic heterocycles. The number of rotatable bonds is 5. The smallest absolute Gasteiger partial charge is 0.0778 e. The van der Waals surface area contributed by atoms with Gasteiger partial charge in [-0.2, -0.15) is 5.10 Å². The number of nitrogens with zero attached hydrogens (tertiary/aromatic N) is 2. The first kappa shape index (κ1) is 14.0. The highest BCUT2D eigenvalue weighted by Gasteiger charge is 2.29. The summed E-state index contributed by atoms with van der Waals surface area (Å²) in [5.74, 6) is 0. The minimum absolute atomic E-state index is 0.218. The average Bonchev–Trinajstić information content (AvgIpc) is 2.73. The van der Waals surface area contributed by atoms with Crippen LogP contribution in [0, 0.1) is 0 Å². The normalized spacial score (nSPS) is 13.9. The van der Waals surface area contributed by atoms with Gasteiger partial charge in [0.1, 0.15) is 0 Å². The van der Waals surface area contributed by atoms with Crippen LogP contribution in [0.4, 0.5) is 0 Å². The van der Waals surface area contributed by atoms with Crippen molar-refractivity contribution in [2.24, 2.45) is 7.05 Å². The third kappa shape index (κ3) is 2.65. The van der Waals surface area contributed by atoms with E-state index in [1.54, 1.807) is 7.11 Å². The number of likely N-dealkylation sites (N-methyl/N-ethyl adjacent to an activating group) is 1. The molecule has 1 heterocycles. The predicted molar refractivity (Wildman–Crippen MR) is 78.4 cm³/mol. The van der Waals surface area contributed by atoms with Gasteiger partial charge in [0.25, 0.3) is 0 Å². The molecule has 0 bridgehead atoms. The van der Waals surface area contributed by atoms with E-state index in [1.807, 2.05) is 24.8 Å². The maximum absolute atomic E-state index is 5.58. The molecule has 19 heavy (non-hydrogen) atoms. The van der Waals surface area contributed by atoms with Gasteiger partial charge in [0.05, 0.1) is 16.8 Å². The van der Waals surface area contributed by atoms with E-state index in [-0.39, 0.29) is 11.6 Å². The van der Waals surface area contributed by atoms with E-state index >= 15 is 0 Å². The van der Waals surface area contributed by atoms with Crippen molar-refractivity contribution in [3.63, 3.8) is 0 Å². The molecule has 4 nitrogen and oxygen atoms in total. The number of hydrogen-bond donors (Lipinski definition) is 1. The number of benzene rings is 1. The fraction of sp³-hybridized carbons (Fsp3) is 0.533. The van der Waals surface area contributed by atoms with Gasteiger partial charge in [-0.1, -0.05) is 18.2 Å². The van der Waals surface area contributed by atoms with Gasteiger partial charge in [0, 0.05) is 32.0 Å². The number of methoxy groups -OCH3 is 1. The van der Waals surface area contributed by atoms with Crippen LogP contribution in [0.15, 0.2) is 24.3 Å². The standard InChI is InChI=1S/C15H23N3O/c1-15(2,19-5)14(16-3)10-12-11-8-6-7-9-13(11)18(4)17-12/h6-9,14,16H,10H2,1-5H3. The lowest BCUT2D eigenvalue weighted by Crippen LogP contribution is -2.48. The molecule has 2 rings (SSSR count). The van der Waals surface area contributed by atoms with E-state index in [2.05, 4.69) is 42.5 Å². The molecular formula is C15H23N3O. The van der Waals surface area contributed by atoms with Crippen molar-refractivity contribution in [1.82, 2.24) is 15.1 Å². The minimum atomic E-state index is -0.229. The Bertz CT molecular complexity index is 560. The Kier molecular flexibility index (Phi) is 3.92. The Morgan fingerprint density at radius 1 is 1.37 bits per heavy atom. The first-order valence-corrected chi connectivity index (χ1v) is 6.62. The summed E-state index contributed by atoms with van der Waals surface area (Å²) in [6.07, 6.45) is 0.846. The zero-order valence-corrected chi connectivity index (χ0v) is 12.4. The fourth-order valence-corrected chi connectivity index (χ4v) is 2.47. The zero-order chi connectivity index (χ0) is 14.0. The van der Waals surface area contributed by atoms with Crippen molar-refractivity contribution in [2.75, 3.05) is 14.2 Å². The van der Waals surface area contributed by atoms with Gasteiger partial charge in [-0.25, -0.2) is 0 Å². The van der Waals surface area contributed by atoms with E-state index in [0.717, 1.165) is 12.1 Å². The van der Waals surface area contributed by atoms with Gasteiger partial charge in [0.15, 0.2) is 0 Å². The maximum atomic E-state index is 5.58. The Labute approximate surface area is 114 Å². The fourth-order valence-electron chi connectivity index (χ4n) is 2.47. The number of ether oxygens (including phenoxy) is 1. The summed E-state index contributed by atoms with van der Waals surface area (Å²) in [6.45, 7) is 4.19. The molecule has 2 aromatic rings. The van der Waals surface area contributed by atoms with E-state index in [4.69, 9.17) is 4.74 Å². The van der Waals surface area contributed by atoms with Crippen molar-refractivity contribution in [3.8, 4) is 0 Å². The van der Waals surface area contributed by atoms with Crippen LogP contribution in [0.1, 0.15) is 19.5 Å². The van der Waals surface area contributed by atoms with Gasteiger partial charge < -0.3 is 10.1 Å². The number of nitrogens with one attached hydrogen (secondary N) is 1. The van der Waals surface area contributed by atoms with E-state index in [0.29, 0.717) is 0 Å². The quantitative estimate of drug-likeness (QED) is 0.896. The van der Waals surface area contributed by atoms with Crippen molar-refractivity contribution in [1.29, 1.82) is 0 Å². The molecule has 0 amide bonds. The average molecular weight is 261 g/mol. The van der Waals surface area contributed by atoms with E-state index in [9.17, 15) is 0 Å². The largest absolute Gasteiger partial charge is 0.377 e. The molecule has 1 unspecified atom stereocenters. The van der Waals surface area contributed by atoms with Crippen LogP contribution in [0.25, 0.3) is 10.9 Å². The Morgan fingerprint density at radius 2 is 2.05 bits per heavy atom. The first-order valence-electron chi connectivity index (χ1n) is 6.62. The number of fused-ring (bicyclic) bond motifs is 1. The highest BCUT2D eigenvalue weighted by Crippen LogP contribution is 2.22. The highest BCUT2D eigenvalue weighted by atomic mass is 16.5. The monoisotopic (exact) mass is 261 g/mol. The van der Waals surface area contributed by atoms with Gasteiger partial charge in [0.2, 0.25) is 0 Å². The molecule has 1 N–H and O–H groups in total. The van der Waals surface area contributed by atoms with Crippen LogP contribution in [0.5, 0.6) is 0 Å². The molecule has 104 valence electrons. The number of hydrogen-bond acceptors (Lipinski definition) is 3. The molecule has 1 aromatic carbocycles. The van der Waals surface area contributed by atoms with E-state index < -0.39 is 0 Å². The molecule has 0 saturated heterocycles. The molecule has 0 fully saturated rings. The van der Waals surface area contributed by atoms with E-state index in [1.165, 1.54) is 10.9 Å². The van der Waals surface area contributed by atoms with Crippen LogP contribution in [-0.2, 0) is 18.2 Å². The second kappa shape index (κ2) is 5.31. The summed E-state index contributed by atoms with van der Waals surface area (Å²) in [6, 6.07) is 8.55. The molecule has 4 heteroatoms. The number of aromatic nitrogens is 2. The van der Waals surface area contributed by atoms with Gasteiger partial charge in [-0.05, 0) is 27.0 Å². The third-order valence-electron chi connectivity index (χ3n) is 3.95. The van der Waals surface area contributed by atoms with Gasteiger partial charge in [-0.3, -0.25) is 4.68 Å². The number of para-hydroxylation sites is 1. The van der Waals surface area contributed by atoms with Crippen molar-refractivity contribution in [2.45, 2.75) is 31.9 Å². The molecule has 0 aliphatic carbocycles. The molecule has 0 radical (unpaired) electrons. The summed E-state index contributed by atoms with van der Waals surface area (Å²) < 4.78 is 7.53. The minimum Gasteiger partial charge on any atom is -0.377 e. The molecular weight excluding hydrogens is 238 g/mol. The lowest BCUT2D eigenvalue weighted by atomic mass is 9.93. The van der Waals surface area contributed by atoms with Gasteiger partial charge >= 0.3 is 0 Å². The molecule has 0 saturated carbocycles. The van der Waals surface area contributed by atoms with Gasteiger partial charge in [-0.15, -0.1) is 0 Å². The SMILES string of the molecule is CNC(Cc1nn(C)c2ccccc12)C(C)(C)OC. The van der Waals surface area contributed by atoms with Crippen molar-refractivity contribution < 1.29 is 4.74 Å². The Morgan fingerprint density at radius 3 is 2.68 bits per heavy atom. The van der Waals surface area contributed by atoms with Crippen LogP contribution in [-0.4, -0.2) is 35.6 Å². The van der Waals surface area contributed by atoms with Crippen LogP contribution < -0.4 is 5.32 Å². The second-order valence-electron chi connectivity index (χ2n) is 5.44. The van der Waals surface area contributed by atoms with Crippen LogP contribution in [0.2, 0.25) is 0 Å². The third-order valence-corrected chi connectivity index (χ3v) is 3.95. The van der Waals surface area contributed by atoms with Crippen LogP contribution in [0.3, 0.4) is 0 Å². The summed E-state index contributed by atoms with van der Waals surface area (Å²) in [5, 5.41) is 9.21. The summed E-state index contributed by atoms with van der Waals surface area (Å²) >= 11 is 0. The zero-order valence-electron chi connectivity index (χ0n) is 12.4. The summed E-state index contributed by atoms with van der Waals surface area (Å²) in [7, 11) is 5.71. The van der Waals surface area contributed by atoms with Crippen molar-refractivity contribution >= 4 is 10.9 Å². The van der Waals surface area contributed by atoms with Crippen molar-refractivity contribution in [3.05, 3.63) is 30.0 Å². The lowest BCUT2D eigenvalue weighted by molar-refractivity contribution is -0.00816.